The molecule has 1 atom stereocenters. The van der Waals surface area contributed by atoms with E-state index in [1.54, 1.807) is 0 Å². The molecule has 0 saturated carbocycles. The number of nitrogens with one attached hydrogen (secondary N) is 1. The molecule has 1 aliphatic heterocycles. The average molecular weight is 174 g/mol. The van der Waals surface area contributed by atoms with Crippen LogP contribution in [0.25, 0.3) is 0 Å². The molecule has 1 aliphatic rings. The molecular weight excluding hydrogens is 160 g/mol. The summed E-state index contributed by atoms with van der Waals surface area (Å²) in [5.74, 6) is 0. The van der Waals surface area contributed by atoms with E-state index >= 15 is 0 Å². The minimum atomic E-state index is 0.245. The number of rotatable bonds is 1. The number of hydrogen-bond acceptors (Lipinski definition) is 2. The molecule has 2 rings (SSSR count). The molecule has 3 N–H and O–H groups in total. The second-order valence-corrected chi connectivity index (χ2v) is 3.48. The van der Waals surface area contributed by atoms with Gasteiger partial charge in [0.25, 0.3) is 0 Å². The minimum Gasteiger partial charge on any atom is -0.401 e. The summed E-state index contributed by atoms with van der Waals surface area (Å²) < 4.78 is 0. The molecular formula is C11H14N2. The molecule has 0 amide bonds. The molecule has 0 fully saturated rings. The summed E-state index contributed by atoms with van der Waals surface area (Å²) in [6.45, 7) is 4.67. The van der Waals surface area contributed by atoms with Gasteiger partial charge in [-0.05, 0) is 17.5 Å². The fraction of sp³-hybridized carbons (Fsp3) is 0.273. The van der Waals surface area contributed by atoms with Gasteiger partial charge in [0, 0.05) is 12.2 Å². The van der Waals surface area contributed by atoms with Crippen LogP contribution in [0.4, 0.5) is 0 Å². The van der Waals surface area contributed by atoms with E-state index in [2.05, 4.69) is 36.2 Å². The third kappa shape index (κ3) is 1.58. The number of nitrogens with two attached hydrogens (primary N) is 1. The lowest BCUT2D eigenvalue weighted by Gasteiger charge is -2.25. The zero-order chi connectivity index (χ0) is 9.26. The van der Waals surface area contributed by atoms with Gasteiger partial charge in [-0.25, -0.2) is 0 Å². The second-order valence-electron chi connectivity index (χ2n) is 3.48. The Hall–Kier alpha value is -1.28. The molecule has 68 valence electrons. The van der Waals surface area contributed by atoms with Gasteiger partial charge in [-0.2, -0.15) is 0 Å². The highest BCUT2D eigenvalue weighted by Gasteiger charge is 2.17. The normalized spacial score (nSPS) is 20.8. The molecule has 0 aliphatic carbocycles. The zero-order valence-electron chi connectivity index (χ0n) is 7.59. The molecule has 13 heavy (non-hydrogen) atoms. The summed E-state index contributed by atoms with van der Waals surface area (Å²) in [6.07, 6.45) is 0.964. The Labute approximate surface area is 78.5 Å². The van der Waals surface area contributed by atoms with Crippen LogP contribution in [0.5, 0.6) is 0 Å². The predicted octanol–water partition coefficient (Wildman–Crippen LogP) is 1.17. The van der Waals surface area contributed by atoms with Crippen LogP contribution in [-0.2, 0) is 13.0 Å². The van der Waals surface area contributed by atoms with Crippen molar-refractivity contribution in [2.24, 2.45) is 5.73 Å². The van der Waals surface area contributed by atoms with E-state index in [-0.39, 0.29) is 6.04 Å². The van der Waals surface area contributed by atoms with Gasteiger partial charge in [0.05, 0.1) is 6.04 Å². The van der Waals surface area contributed by atoms with E-state index in [1.807, 2.05) is 0 Å². The van der Waals surface area contributed by atoms with Crippen molar-refractivity contribution >= 4 is 0 Å². The molecule has 0 aromatic heterocycles. The van der Waals surface area contributed by atoms with Crippen molar-refractivity contribution in [3.8, 4) is 0 Å². The van der Waals surface area contributed by atoms with Gasteiger partial charge < -0.3 is 11.1 Å². The van der Waals surface area contributed by atoms with Crippen LogP contribution in [0.15, 0.2) is 36.5 Å². The predicted molar refractivity (Wildman–Crippen MR) is 54.1 cm³/mol. The molecule has 1 unspecified atom stereocenters. The number of benzene rings is 1. The van der Waals surface area contributed by atoms with E-state index in [0.29, 0.717) is 0 Å². The molecule has 0 radical (unpaired) electrons. The molecule has 0 spiro atoms. The lowest BCUT2D eigenvalue weighted by molar-refractivity contribution is 0.530. The van der Waals surface area contributed by atoms with Gasteiger partial charge >= 0.3 is 0 Å². The van der Waals surface area contributed by atoms with Crippen molar-refractivity contribution in [3.63, 3.8) is 0 Å². The number of fused-ring (bicyclic) bond motifs is 1. The largest absolute Gasteiger partial charge is 0.401 e. The Kier molecular flexibility index (Phi) is 2.07. The minimum absolute atomic E-state index is 0.245. The molecule has 2 nitrogen and oxygen atoms in total. The van der Waals surface area contributed by atoms with E-state index in [9.17, 15) is 0 Å². The first-order chi connectivity index (χ1) is 6.27. The number of hydrogen-bond donors (Lipinski definition) is 2. The Morgan fingerprint density at radius 2 is 2.08 bits per heavy atom. The first-order valence-electron chi connectivity index (χ1n) is 4.52. The summed E-state index contributed by atoms with van der Waals surface area (Å²) in [6, 6.07) is 8.69. The van der Waals surface area contributed by atoms with E-state index in [0.717, 1.165) is 18.7 Å². The fourth-order valence-corrected chi connectivity index (χ4v) is 1.72. The molecule has 0 bridgehead atoms. The average Bonchev–Trinajstić information content (AvgIpc) is 2.17. The Morgan fingerprint density at radius 1 is 1.38 bits per heavy atom. The highest BCUT2D eigenvalue weighted by Crippen LogP contribution is 2.17. The van der Waals surface area contributed by atoms with Crippen LogP contribution in [0.1, 0.15) is 11.1 Å². The van der Waals surface area contributed by atoms with Crippen LogP contribution in [0.2, 0.25) is 0 Å². The topological polar surface area (TPSA) is 38.0 Å². The van der Waals surface area contributed by atoms with E-state index < -0.39 is 0 Å². The van der Waals surface area contributed by atoms with Crippen LogP contribution in [0, 0.1) is 0 Å². The van der Waals surface area contributed by atoms with Crippen molar-refractivity contribution in [1.82, 2.24) is 5.32 Å². The highest BCUT2D eigenvalue weighted by atomic mass is 14.9. The Balaban J connectivity index is 2.24. The van der Waals surface area contributed by atoms with Crippen LogP contribution in [-0.4, -0.2) is 6.04 Å². The lowest BCUT2D eigenvalue weighted by Crippen LogP contribution is -2.39. The SMILES string of the molecule is C=C(N)C1Cc2ccccc2CN1. The summed E-state index contributed by atoms with van der Waals surface area (Å²) in [5.41, 5.74) is 9.16. The maximum Gasteiger partial charge on any atom is 0.0504 e. The van der Waals surface area contributed by atoms with Gasteiger partial charge in [0.1, 0.15) is 0 Å². The highest BCUT2D eigenvalue weighted by molar-refractivity contribution is 5.31. The van der Waals surface area contributed by atoms with Gasteiger partial charge in [-0.1, -0.05) is 30.8 Å². The first-order valence-corrected chi connectivity index (χ1v) is 4.52. The van der Waals surface area contributed by atoms with Gasteiger partial charge in [-0.15, -0.1) is 0 Å². The quantitative estimate of drug-likeness (QED) is 0.670. The third-order valence-electron chi connectivity index (χ3n) is 2.53. The molecule has 1 heterocycles. The van der Waals surface area contributed by atoms with Crippen LogP contribution in [0.3, 0.4) is 0 Å². The van der Waals surface area contributed by atoms with Crippen molar-refractivity contribution in [2.75, 3.05) is 0 Å². The first kappa shape index (κ1) is 8.32. The second kappa shape index (κ2) is 3.23. The smallest absolute Gasteiger partial charge is 0.0504 e. The fourth-order valence-electron chi connectivity index (χ4n) is 1.72. The lowest BCUT2D eigenvalue weighted by atomic mass is 9.95. The standard InChI is InChI=1S/C11H14N2/c1-8(12)11-6-9-4-2-3-5-10(9)7-13-11/h2-5,11,13H,1,6-7,12H2. The van der Waals surface area contributed by atoms with Gasteiger partial charge in [-0.3, -0.25) is 0 Å². The van der Waals surface area contributed by atoms with Crippen molar-refractivity contribution in [3.05, 3.63) is 47.7 Å². The van der Waals surface area contributed by atoms with Crippen LogP contribution >= 0.6 is 0 Å². The van der Waals surface area contributed by atoms with E-state index in [1.165, 1.54) is 11.1 Å². The maximum absolute atomic E-state index is 5.67. The Bertz CT molecular complexity index is 331. The maximum atomic E-state index is 5.67. The molecule has 1 aromatic carbocycles. The third-order valence-corrected chi connectivity index (χ3v) is 2.53. The summed E-state index contributed by atoms with van der Waals surface area (Å²) in [5, 5.41) is 3.35. The van der Waals surface area contributed by atoms with Crippen LogP contribution < -0.4 is 11.1 Å². The Morgan fingerprint density at radius 3 is 2.77 bits per heavy atom. The molecule has 2 heteroatoms. The van der Waals surface area contributed by atoms with Crippen molar-refractivity contribution < 1.29 is 0 Å². The monoisotopic (exact) mass is 174 g/mol. The summed E-state index contributed by atoms with van der Waals surface area (Å²) >= 11 is 0. The molecule has 0 saturated heterocycles. The summed E-state index contributed by atoms with van der Waals surface area (Å²) in [4.78, 5) is 0. The molecule has 1 aromatic rings. The van der Waals surface area contributed by atoms with Gasteiger partial charge in [0.2, 0.25) is 0 Å². The zero-order valence-corrected chi connectivity index (χ0v) is 7.59. The van der Waals surface area contributed by atoms with Crippen molar-refractivity contribution in [1.29, 1.82) is 0 Å². The summed E-state index contributed by atoms with van der Waals surface area (Å²) in [7, 11) is 0. The van der Waals surface area contributed by atoms with Crippen molar-refractivity contribution in [2.45, 2.75) is 19.0 Å². The van der Waals surface area contributed by atoms with E-state index in [4.69, 9.17) is 5.73 Å². The van der Waals surface area contributed by atoms with Gasteiger partial charge in [0.15, 0.2) is 0 Å².